The number of ether oxygens (including phenoxy) is 2. The van der Waals surface area contributed by atoms with Crippen molar-refractivity contribution in [3.63, 3.8) is 0 Å². The van der Waals surface area contributed by atoms with Crippen LogP contribution in [0.25, 0.3) is 22.2 Å². The summed E-state index contributed by atoms with van der Waals surface area (Å²) in [6, 6.07) is 10.2. The molecule has 0 spiro atoms. The topological polar surface area (TPSA) is 89.8 Å². The molecule has 1 amide bonds. The molecule has 0 bridgehead atoms. The smallest absolute Gasteiger partial charge is 0.339 e. The van der Waals surface area contributed by atoms with Crippen molar-refractivity contribution in [1.82, 2.24) is 19.4 Å². The number of aromatic nitrogens is 3. The van der Waals surface area contributed by atoms with Gasteiger partial charge in [0, 0.05) is 43.9 Å². The van der Waals surface area contributed by atoms with E-state index in [1.54, 1.807) is 26.2 Å². The zero-order valence-electron chi connectivity index (χ0n) is 27.0. The molecule has 0 radical (unpaired) electrons. The highest BCUT2D eigenvalue weighted by Crippen LogP contribution is 2.36. The van der Waals surface area contributed by atoms with Gasteiger partial charge in [0.2, 0.25) is 0 Å². The van der Waals surface area contributed by atoms with Crippen LogP contribution in [0.15, 0.2) is 42.6 Å². The van der Waals surface area contributed by atoms with E-state index in [4.69, 9.17) is 31.0 Å². The number of amides is 1. The molecule has 1 saturated heterocycles. The van der Waals surface area contributed by atoms with Crippen molar-refractivity contribution in [3.8, 4) is 11.1 Å². The van der Waals surface area contributed by atoms with Gasteiger partial charge >= 0.3 is 5.97 Å². The van der Waals surface area contributed by atoms with E-state index in [-0.39, 0.29) is 10.9 Å². The predicted octanol–water partition coefficient (Wildman–Crippen LogP) is 6.42. The molecule has 1 aromatic carbocycles. The summed E-state index contributed by atoms with van der Waals surface area (Å²) in [5, 5.41) is 0.837. The van der Waals surface area contributed by atoms with Crippen LogP contribution in [0.1, 0.15) is 59.8 Å². The van der Waals surface area contributed by atoms with Crippen LogP contribution in [0.4, 0.5) is 10.2 Å². The van der Waals surface area contributed by atoms with Gasteiger partial charge < -0.3 is 23.8 Å². The monoisotopic (exact) mass is 635 g/mol. The molecule has 5 rings (SSSR count). The second kappa shape index (κ2) is 12.1. The Balaban J connectivity index is 1.48. The van der Waals surface area contributed by atoms with Crippen LogP contribution >= 0.6 is 11.6 Å². The highest BCUT2D eigenvalue weighted by molar-refractivity contribution is 6.30. The molecule has 1 aliphatic heterocycles. The summed E-state index contributed by atoms with van der Waals surface area (Å²) in [6.07, 6.45) is 1.93. The lowest BCUT2D eigenvalue weighted by molar-refractivity contribution is 0.0506. The second-order valence-corrected chi connectivity index (χ2v) is 13.2. The fourth-order valence-electron chi connectivity index (χ4n) is 6.25. The van der Waals surface area contributed by atoms with Gasteiger partial charge in [0.15, 0.2) is 0 Å². The third-order valence-corrected chi connectivity index (χ3v) is 8.80. The summed E-state index contributed by atoms with van der Waals surface area (Å²) < 4.78 is 26.9. The van der Waals surface area contributed by atoms with Gasteiger partial charge in [-0.05, 0) is 83.0 Å². The maximum Gasteiger partial charge on any atom is 0.339 e. The number of hydrogen-bond donors (Lipinski definition) is 0. The number of pyridine rings is 2. The van der Waals surface area contributed by atoms with Gasteiger partial charge in [0.25, 0.3) is 5.91 Å². The van der Waals surface area contributed by atoms with Gasteiger partial charge in [-0.1, -0.05) is 17.7 Å². The molecule has 3 aromatic heterocycles. The first-order valence-corrected chi connectivity index (χ1v) is 15.2. The van der Waals surface area contributed by atoms with E-state index in [1.165, 1.54) is 19.2 Å². The summed E-state index contributed by atoms with van der Waals surface area (Å²) in [6.45, 7) is 13.7. The number of benzene rings is 1. The number of esters is 1. The van der Waals surface area contributed by atoms with Crippen molar-refractivity contribution in [2.24, 2.45) is 0 Å². The Kier molecular flexibility index (Phi) is 8.67. The zero-order valence-corrected chi connectivity index (χ0v) is 27.8. The van der Waals surface area contributed by atoms with Crippen molar-refractivity contribution in [1.29, 1.82) is 0 Å². The SMILES string of the molecule is COCC(C)(C)n1cc(-c2ccc(Cl)c(F)c2)c2ccc(C(=O)N3CCN(c4cc(C)c(C(=O)OC)c(C)n4)CC3(C)C)nc21. The van der Waals surface area contributed by atoms with Crippen LogP contribution in [0.2, 0.25) is 5.02 Å². The number of aryl methyl sites for hydroxylation is 2. The van der Waals surface area contributed by atoms with E-state index in [0.717, 1.165) is 22.3 Å². The number of rotatable bonds is 7. The standard InChI is InChI=1S/C34H39ClFN5O4/c1-20-15-28(37-21(2)29(20)32(43)45-8)39-13-14-40(33(3,4)18-39)31(42)27-12-10-23-24(22-9-11-25(35)26(36)16-22)17-41(30(23)38-27)34(5,6)19-44-7/h9-12,15-17H,13-14,18-19H2,1-8H3. The van der Waals surface area contributed by atoms with Crippen molar-refractivity contribution < 1.29 is 23.5 Å². The van der Waals surface area contributed by atoms with E-state index in [1.807, 2.05) is 62.4 Å². The fraction of sp³-hybridized carbons (Fsp3) is 0.412. The summed E-state index contributed by atoms with van der Waals surface area (Å²) >= 11 is 5.96. The number of carbonyl (C=O) groups is 2. The van der Waals surface area contributed by atoms with Crippen molar-refractivity contribution in [3.05, 3.63) is 75.9 Å². The second-order valence-electron chi connectivity index (χ2n) is 12.8. The van der Waals surface area contributed by atoms with Gasteiger partial charge in [0.05, 0.1) is 41.1 Å². The first-order valence-electron chi connectivity index (χ1n) is 14.8. The average molecular weight is 636 g/mol. The summed E-state index contributed by atoms with van der Waals surface area (Å²) in [7, 11) is 3.00. The van der Waals surface area contributed by atoms with E-state index in [0.29, 0.717) is 54.4 Å². The minimum absolute atomic E-state index is 0.0511. The van der Waals surface area contributed by atoms with Gasteiger partial charge in [-0.25, -0.2) is 19.2 Å². The van der Waals surface area contributed by atoms with Crippen molar-refractivity contribution in [2.45, 2.75) is 52.6 Å². The van der Waals surface area contributed by atoms with Gasteiger partial charge in [-0.2, -0.15) is 0 Å². The van der Waals surface area contributed by atoms with Crippen LogP contribution in [0, 0.1) is 19.7 Å². The molecule has 4 aromatic rings. The lowest BCUT2D eigenvalue weighted by Gasteiger charge is -2.47. The maximum absolute atomic E-state index is 14.5. The Morgan fingerprint density at radius 1 is 1.07 bits per heavy atom. The van der Waals surface area contributed by atoms with E-state index < -0.39 is 22.9 Å². The molecular formula is C34H39ClFN5O4. The normalized spacial score (nSPS) is 15.1. The third-order valence-electron chi connectivity index (χ3n) is 8.50. The lowest BCUT2D eigenvalue weighted by atomic mass is 9.97. The predicted molar refractivity (Wildman–Crippen MR) is 174 cm³/mol. The van der Waals surface area contributed by atoms with Crippen LogP contribution in [0.5, 0.6) is 0 Å². The van der Waals surface area contributed by atoms with E-state index in [9.17, 15) is 14.0 Å². The molecule has 0 saturated carbocycles. The van der Waals surface area contributed by atoms with Gasteiger partial charge in [-0.15, -0.1) is 0 Å². The molecule has 0 aliphatic carbocycles. The minimum atomic E-state index is -0.556. The molecule has 1 fully saturated rings. The molecule has 1 aliphatic rings. The summed E-state index contributed by atoms with van der Waals surface area (Å²) in [5.74, 6) is -0.346. The van der Waals surface area contributed by atoms with Crippen LogP contribution in [-0.4, -0.2) is 77.3 Å². The largest absolute Gasteiger partial charge is 0.465 e. The number of halogens is 2. The molecule has 0 N–H and O–H groups in total. The van der Waals surface area contributed by atoms with Crippen molar-refractivity contribution >= 4 is 40.3 Å². The first kappa shape index (κ1) is 32.4. The molecule has 0 unspecified atom stereocenters. The first-order chi connectivity index (χ1) is 21.2. The summed E-state index contributed by atoms with van der Waals surface area (Å²) in [5.41, 5.74) is 3.15. The Hall–Kier alpha value is -4.02. The molecule has 9 nitrogen and oxygen atoms in total. The van der Waals surface area contributed by atoms with Gasteiger partial charge in [-0.3, -0.25) is 4.79 Å². The Morgan fingerprint density at radius 3 is 2.42 bits per heavy atom. The number of carbonyl (C=O) groups excluding carboxylic acids is 2. The number of anilines is 1. The molecule has 0 atom stereocenters. The Labute approximate surface area is 267 Å². The Morgan fingerprint density at radius 2 is 1.80 bits per heavy atom. The Bertz CT molecular complexity index is 1780. The number of piperazine rings is 1. The number of fused-ring (bicyclic) bond motifs is 1. The highest BCUT2D eigenvalue weighted by Gasteiger charge is 2.39. The lowest BCUT2D eigenvalue weighted by Crippen LogP contribution is -2.61. The number of hydrogen-bond acceptors (Lipinski definition) is 7. The third kappa shape index (κ3) is 6.01. The van der Waals surface area contributed by atoms with Crippen LogP contribution < -0.4 is 4.90 Å². The zero-order chi connectivity index (χ0) is 32.8. The van der Waals surface area contributed by atoms with E-state index >= 15 is 0 Å². The van der Waals surface area contributed by atoms with Crippen molar-refractivity contribution in [2.75, 3.05) is 45.4 Å². The molecular weight excluding hydrogens is 597 g/mol. The molecule has 11 heteroatoms. The average Bonchev–Trinajstić information content (AvgIpc) is 3.37. The summed E-state index contributed by atoms with van der Waals surface area (Å²) in [4.78, 5) is 39.9. The number of nitrogens with zero attached hydrogens (tertiary/aromatic N) is 5. The quantitative estimate of drug-likeness (QED) is 0.217. The van der Waals surface area contributed by atoms with E-state index in [2.05, 4.69) is 4.90 Å². The fourth-order valence-corrected chi connectivity index (χ4v) is 6.37. The van der Waals surface area contributed by atoms with Crippen LogP contribution in [0.3, 0.4) is 0 Å². The molecule has 45 heavy (non-hydrogen) atoms. The minimum Gasteiger partial charge on any atom is -0.465 e. The van der Waals surface area contributed by atoms with Crippen LogP contribution in [-0.2, 0) is 15.0 Å². The van der Waals surface area contributed by atoms with Gasteiger partial charge in [0.1, 0.15) is 23.0 Å². The molecule has 238 valence electrons. The highest BCUT2D eigenvalue weighted by atomic mass is 35.5. The maximum atomic E-state index is 14.5. The molecule has 4 heterocycles. The number of methoxy groups -OCH3 is 2.